The van der Waals surface area contributed by atoms with Crippen LogP contribution in [0.2, 0.25) is 0 Å². The maximum atomic E-state index is 13.4. The number of nitrogens with zero attached hydrogens (tertiary/aromatic N) is 3. The summed E-state index contributed by atoms with van der Waals surface area (Å²) in [5, 5.41) is 6.88. The molecule has 2 fully saturated rings. The molecule has 0 unspecified atom stereocenters. The van der Waals surface area contributed by atoms with Crippen LogP contribution >= 0.6 is 0 Å². The molecule has 1 aromatic heterocycles. The van der Waals surface area contributed by atoms with Crippen molar-refractivity contribution in [3.63, 3.8) is 0 Å². The van der Waals surface area contributed by atoms with E-state index < -0.39 is 11.6 Å². The van der Waals surface area contributed by atoms with Gasteiger partial charge in [-0.1, -0.05) is 0 Å². The maximum Gasteiger partial charge on any atom is 0.410 e. The first kappa shape index (κ1) is 19.4. The minimum Gasteiger partial charge on any atom is -0.449 e. The minimum absolute atomic E-state index is 0.116. The van der Waals surface area contributed by atoms with Crippen molar-refractivity contribution >= 4 is 17.7 Å². The Kier molecular flexibility index (Phi) is 5.46. The third-order valence-corrected chi connectivity index (χ3v) is 5.47. The van der Waals surface area contributed by atoms with Crippen LogP contribution in [0.5, 0.6) is 0 Å². The van der Waals surface area contributed by atoms with Gasteiger partial charge in [0.2, 0.25) is 5.91 Å². The zero-order chi connectivity index (χ0) is 20.4. The quantitative estimate of drug-likeness (QED) is 0.846. The zero-order valence-electron chi connectivity index (χ0n) is 15.8. The van der Waals surface area contributed by atoms with Gasteiger partial charge < -0.3 is 15.0 Å². The molecule has 9 heteroatoms. The number of ether oxygens (including phenoxy) is 1. The van der Waals surface area contributed by atoms with E-state index in [1.165, 1.54) is 17.1 Å². The predicted octanol–water partition coefficient (Wildman–Crippen LogP) is 3.49. The molecule has 154 valence electrons. The Balaban J connectivity index is 1.33. The number of nitrogens with one attached hydrogen (secondary N) is 1. The van der Waals surface area contributed by atoms with Gasteiger partial charge in [0.05, 0.1) is 30.4 Å². The molecule has 0 radical (unpaired) electrons. The van der Waals surface area contributed by atoms with E-state index in [0.29, 0.717) is 31.7 Å². The molecule has 0 bridgehead atoms. The predicted molar refractivity (Wildman–Crippen MR) is 101 cm³/mol. The summed E-state index contributed by atoms with van der Waals surface area (Å²) in [6.07, 6.45) is 6.42. The van der Waals surface area contributed by atoms with Crippen LogP contribution in [0.4, 0.5) is 19.3 Å². The van der Waals surface area contributed by atoms with Crippen LogP contribution in [0, 0.1) is 17.6 Å². The van der Waals surface area contributed by atoms with Crippen molar-refractivity contribution in [1.29, 1.82) is 0 Å². The van der Waals surface area contributed by atoms with Crippen LogP contribution in [0.15, 0.2) is 30.6 Å². The molecule has 1 aromatic carbocycles. The normalized spacial score (nSPS) is 22.3. The van der Waals surface area contributed by atoms with Crippen LogP contribution in [0.3, 0.4) is 0 Å². The average molecular weight is 404 g/mol. The summed E-state index contributed by atoms with van der Waals surface area (Å²) < 4.78 is 33.2. The Labute approximate surface area is 166 Å². The SMILES string of the molecule is O=C(Nc1cnn(-c2cc(F)cc(F)c2)c1)C1CCC(N2CCCOC2=O)CC1. The van der Waals surface area contributed by atoms with E-state index >= 15 is 0 Å². The van der Waals surface area contributed by atoms with Gasteiger partial charge in [-0.15, -0.1) is 0 Å². The summed E-state index contributed by atoms with van der Waals surface area (Å²) >= 11 is 0. The molecule has 0 spiro atoms. The summed E-state index contributed by atoms with van der Waals surface area (Å²) in [5.41, 5.74) is 0.693. The molecular weight excluding hydrogens is 382 g/mol. The van der Waals surface area contributed by atoms with Gasteiger partial charge in [-0.25, -0.2) is 18.3 Å². The topological polar surface area (TPSA) is 76.5 Å². The Bertz CT molecular complexity index is 889. The Morgan fingerprint density at radius 3 is 2.55 bits per heavy atom. The van der Waals surface area contributed by atoms with Gasteiger partial charge in [-0.2, -0.15) is 5.10 Å². The number of halogens is 2. The van der Waals surface area contributed by atoms with E-state index in [1.807, 2.05) is 0 Å². The van der Waals surface area contributed by atoms with Crippen molar-refractivity contribution in [2.45, 2.75) is 38.1 Å². The monoisotopic (exact) mass is 404 g/mol. The van der Waals surface area contributed by atoms with Crippen LogP contribution < -0.4 is 5.32 Å². The number of benzene rings is 1. The van der Waals surface area contributed by atoms with Crippen molar-refractivity contribution in [3.8, 4) is 5.69 Å². The number of amides is 2. The lowest BCUT2D eigenvalue weighted by molar-refractivity contribution is -0.121. The smallest absolute Gasteiger partial charge is 0.410 e. The molecule has 7 nitrogen and oxygen atoms in total. The summed E-state index contributed by atoms with van der Waals surface area (Å²) in [7, 11) is 0. The van der Waals surface area contributed by atoms with E-state index in [2.05, 4.69) is 10.4 Å². The first-order valence-electron chi connectivity index (χ1n) is 9.75. The second-order valence-corrected chi connectivity index (χ2v) is 7.46. The number of aromatic nitrogens is 2. The van der Waals surface area contributed by atoms with Crippen molar-refractivity contribution in [2.24, 2.45) is 5.92 Å². The lowest BCUT2D eigenvalue weighted by atomic mass is 9.84. The third-order valence-electron chi connectivity index (χ3n) is 5.47. The van der Waals surface area contributed by atoms with Gasteiger partial charge in [0.15, 0.2) is 0 Å². The summed E-state index contributed by atoms with van der Waals surface area (Å²) in [5.74, 6) is -1.66. The Morgan fingerprint density at radius 1 is 1.14 bits per heavy atom. The molecule has 2 aromatic rings. The second kappa shape index (κ2) is 8.18. The van der Waals surface area contributed by atoms with Gasteiger partial charge in [0, 0.05) is 24.6 Å². The average Bonchev–Trinajstić information content (AvgIpc) is 3.16. The molecular formula is C20H22F2N4O3. The fraction of sp³-hybridized carbons (Fsp3) is 0.450. The molecule has 0 atom stereocenters. The molecule has 2 aliphatic rings. The van der Waals surface area contributed by atoms with Crippen molar-refractivity contribution in [2.75, 3.05) is 18.5 Å². The maximum absolute atomic E-state index is 13.4. The highest BCUT2D eigenvalue weighted by Gasteiger charge is 2.33. The second-order valence-electron chi connectivity index (χ2n) is 7.46. The highest BCUT2D eigenvalue weighted by molar-refractivity contribution is 5.92. The van der Waals surface area contributed by atoms with Gasteiger partial charge in [0.1, 0.15) is 11.6 Å². The third kappa shape index (κ3) is 4.38. The van der Waals surface area contributed by atoms with Gasteiger partial charge in [-0.05, 0) is 44.2 Å². The minimum atomic E-state index is -0.699. The van der Waals surface area contributed by atoms with Gasteiger partial charge >= 0.3 is 6.09 Å². The molecule has 1 saturated carbocycles. The van der Waals surface area contributed by atoms with E-state index in [9.17, 15) is 18.4 Å². The highest BCUT2D eigenvalue weighted by Crippen LogP contribution is 2.30. The fourth-order valence-corrected chi connectivity index (χ4v) is 3.99. The molecule has 4 rings (SSSR count). The van der Waals surface area contributed by atoms with E-state index in [1.54, 1.807) is 4.90 Å². The molecule has 2 amide bonds. The van der Waals surface area contributed by atoms with E-state index in [-0.39, 0.29) is 29.6 Å². The molecule has 2 heterocycles. The molecule has 29 heavy (non-hydrogen) atoms. The molecule has 1 aliphatic carbocycles. The van der Waals surface area contributed by atoms with E-state index in [0.717, 1.165) is 37.5 Å². The van der Waals surface area contributed by atoms with E-state index in [4.69, 9.17) is 4.74 Å². The van der Waals surface area contributed by atoms with Gasteiger partial charge in [0.25, 0.3) is 0 Å². The zero-order valence-corrected chi connectivity index (χ0v) is 15.8. The molecule has 1 N–H and O–H groups in total. The largest absolute Gasteiger partial charge is 0.449 e. The summed E-state index contributed by atoms with van der Waals surface area (Å²) in [6.45, 7) is 1.18. The lowest BCUT2D eigenvalue weighted by Crippen LogP contribution is -2.46. The standard InChI is InChI=1S/C20H22F2N4O3/c21-14-8-15(22)10-18(9-14)26-12-16(11-23-26)24-19(27)13-2-4-17(5-3-13)25-6-1-7-29-20(25)28/h8-13,17H,1-7H2,(H,24,27). The van der Waals surface area contributed by atoms with Crippen LogP contribution in [0.1, 0.15) is 32.1 Å². The number of carbonyl (C=O) groups excluding carboxylic acids is 2. The number of cyclic esters (lactones) is 1. The number of hydrogen-bond acceptors (Lipinski definition) is 4. The highest BCUT2D eigenvalue weighted by atomic mass is 19.1. The molecule has 1 aliphatic heterocycles. The summed E-state index contributed by atoms with van der Waals surface area (Å²) in [4.78, 5) is 26.3. The Hall–Kier alpha value is -2.97. The fourth-order valence-electron chi connectivity index (χ4n) is 3.99. The van der Waals surface area contributed by atoms with Crippen molar-refractivity contribution < 1.29 is 23.1 Å². The van der Waals surface area contributed by atoms with Crippen molar-refractivity contribution in [1.82, 2.24) is 14.7 Å². The lowest BCUT2D eigenvalue weighted by Gasteiger charge is -2.37. The summed E-state index contributed by atoms with van der Waals surface area (Å²) in [6, 6.07) is 3.23. The van der Waals surface area contributed by atoms with Crippen LogP contribution in [0.25, 0.3) is 5.69 Å². The van der Waals surface area contributed by atoms with Crippen LogP contribution in [-0.2, 0) is 9.53 Å². The Morgan fingerprint density at radius 2 is 1.86 bits per heavy atom. The number of carbonyl (C=O) groups is 2. The van der Waals surface area contributed by atoms with Crippen LogP contribution in [-0.4, -0.2) is 45.9 Å². The van der Waals surface area contributed by atoms with Crippen molar-refractivity contribution in [3.05, 3.63) is 42.2 Å². The first-order chi connectivity index (χ1) is 14.0. The number of rotatable bonds is 4. The first-order valence-corrected chi connectivity index (χ1v) is 9.75. The van der Waals surface area contributed by atoms with Gasteiger partial charge in [-0.3, -0.25) is 4.79 Å². The number of anilines is 1. The molecule has 1 saturated heterocycles. The number of hydrogen-bond donors (Lipinski definition) is 1.